The Morgan fingerprint density at radius 2 is 2.21 bits per heavy atom. The molecule has 2 heterocycles. The van der Waals surface area contributed by atoms with Crippen molar-refractivity contribution >= 4 is 27.3 Å². The highest BCUT2D eigenvalue weighted by atomic mass is 79.9. The van der Waals surface area contributed by atoms with Crippen molar-refractivity contribution in [3.05, 3.63) is 21.8 Å². The Balaban J connectivity index is 2.04. The minimum absolute atomic E-state index is 0.406. The van der Waals surface area contributed by atoms with E-state index in [1.807, 2.05) is 12.1 Å². The number of hydrogen-bond donors (Lipinski definition) is 1. The first-order valence-corrected chi connectivity index (χ1v) is 7.97. The first kappa shape index (κ1) is 14.7. The molecule has 2 rings (SSSR count). The Morgan fingerprint density at radius 3 is 2.79 bits per heavy atom. The van der Waals surface area contributed by atoms with Crippen LogP contribution >= 0.6 is 27.3 Å². The molecule has 0 saturated heterocycles. The molecule has 0 aliphatic heterocycles. The second-order valence-electron chi connectivity index (χ2n) is 5.05. The Kier molecular flexibility index (Phi) is 5.13. The molecule has 0 aliphatic rings. The largest absolute Gasteiger partial charge is 0.339 e. The molecule has 2 aromatic heterocycles. The third kappa shape index (κ3) is 4.12. The summed E-state index contributed by atoms with van der Waals surface area (Å²) < 4.78 is 6.38. The van der Waals surface area contributed by atoms with Crippen molar-refractivity contribution in [1.29, 1.82) is 0 Å². The van der Waals surface area contributed by atoms with Crippen LogP contribution in [-0.2, 0) is 6.42 Å². The van der Waals surface area contributed by atoms with Crippen LogP contribution in [0.1, 0.15) is 26.2 Å². The smallest absolute Gasteiger partial charge is 0.227 e. The van der Waals surface area contributed by atoms with Crippen LogP contribution in [0.25, 0.3) is 10.7 Å². The molecule has 0 bridgehead atoms. The highest BCUT2D eigenvalue weighted by Gasteiger charge is 2.16. The molecular formula is C13H18BrN3OS. The summed E-state index contributed by atoms with van der Waals surface area (Å²) >= 11 is 5.03. The van der Waals surface area contributed by atoms with Crippen LogP contribution in [0.3, 0.4) is 0 Å². The van der Waals surface area contributed by atoms with Crippen molar-refractivity contribution in [2.45, 2.75) is 26.7 Å². The van der Waals surface area contributed by atoms with Crippen LogP contribution in [0.5, 0.6) is 0 Å². The molecule has 0 aromatic carbocycles. The van der Waals surface area contributed by atoms with Gasteiger partial charge in [0, 0.05) is 6.42 Å². The monoisotopic (exact) mass is 343 g/mol. The fourth-order valence-electron chi connectivity index (χ4n) is 2.05. The summed E-state index contributed by atoms with van der Waals surface area (Å²) in [6, 6.07) is 3.97. The zero-order chi connectivity index (χ0) is 13.8. The third-order valence-electron chi connectivity index (χ3n) is 2.86. The van der Waals surface area contributed by atoms with E-state index in [1.165, 1.54) is 0 Å². The van der Waals surface area contributed by atoms with Gasteiger partial charge >= 0.3 is 0 Å². The zero-order valence-electron chi connectivity index (χ0n) is 11.1. The van der Waals surface area contributed by atoms with Crippen LogP contribution in [-0.4, -0.2) is 16.7 Å². The molecule has 104 valence electrons. The fourth-order valence-corrected chi connectivity index (χ4v) is 3.36. The van der Waals surface area contributed by atoms with E-state index in [0.717, 1.165) is 21.5 Å². The Hall–Kier alpha value is -0.720. The Bertz CT molecular complexity index is 523. The minimum Gasteiger partial charge on any atom is -0.339 e. The molecule has 0 amide bonds. The van der Waals surface area contributed by atoms with Crippen molar-refractivity contribution < 1.29 is 4.52 Å². The van der Waals surface area contributed by atoms with Gasteiger partial charge < -0.3 is 10.3 Å². The highest BCUT2D eigenvalue weighted by molar-refractivity contribution is 9.11. The lowest BCUT2D eigenvalue weighted by atomic mass is 9.94. The van der Waals surface area contributed by atoms with Gasteiger partial charge in [-0.25, -0.2) is 0 Å². The first-order valence-electron chi connectivity index (χ1n) is 6.36. The minimum atomic E-state index is 0.406. The standard InChI is InChI=1S/C13H18BrN3OS/c1-8(2)5-9(7-15)6-12-16-13(17-18-12)10-3-4-11(14)19-10/h3-4,8-9H,5-7,15H2,1-2H3. The Morgan fingerprint density at radius 1 is 1.42 bits per heavy atom. The van der Waals surface area contributed by atoms with Crippen molar-refractivity contribution in [3.63, 3.8) is 0 Å². The van der Waals surface area contributed by atoms with E-state index in [-0.39, 0.29) is 0 Å². The topological polar surface area (TPSA) is 64.9 Å². The van der Waals surface area contributed by atoms with Crippen molar-refractivity contribution in [3.8, 4) is 10.7 Å². The highest BCUT2D eigenvalue weighted by Crippen LogP contribution is 2.29. The maximum atomic E-state index is 5.80. The van der Waals surface area contributed by atoms with Crippen molar-refractivity contribution in [2.24, 2.45) is 17.6 Å². The first-order chi connectivity index (χ1) is 9.08. The van der Waals surface area contributed by atoms with Crippen LogP contribution in [0.15, 0.2) is 20.4 Å². The number of nitrogens with zero attached hydrogens (tertiary/aromatic N) is 2. The van der Waals surface area contributed by atoms with Gasteiger partial charge in [0.15, 0.2) is 0 Å². The lowest BCUT2D eigenvalue weighted by Gasteiger charge is -2.14. The van der Waals surface area contributed by atoms with Crippen molar-refractivity contribution in [1.82, 2.24) is 10.1 Å². The molecule has 4 nitrogen and oxygen atoms in total. The summed E-state index contributed by atoms with van der Waals surface area (Å²) in [4.78, 5) is 5.45. The van der Waals surface area contributed by atoms with E-state index in [2.05, 4.69) is 39.9 Å². The summed E-state index contributed by atoms with van der Waals surface area (Å²) in [5.74, 6) is 2.37. The van der Waals surface area contributed by atoms with Gasteiger partial charge in [-0.2, -0.15) is 4.98 Å². The molecule has 0 saturated carbocycles. The molecule has 1 unspecified atom stereocenters. The number of rotatable bonds is 6. The summed E-state index contributed by atoms with van der Waals surface area (Å²) in [7, 11) is 0. The number of aromatic nitrogens is 2. The molecule has 0 fully saturated rings. The molecule has 0 aliphatic carbocycles. The summed E-state index contributed by atoms with van der Waals surface area (Å²) in [6.45, 7) is 5.05. The SMILES string of the molecule is CC(C)CC(CN)Cc1nc(-c2ccc(Br)s2)no1. The number of nitrogens with two attached hydrogens (primary N) is 1. The van der Waals surface area contributed by atoms with Gasteiger partial charge in [0.05, 0.1) is 8.66 Å². The fraction of sp³-hybridized carbons (Fsp3) is 0.538. The average Bonchev–Trinajstić information content (AvgIpc) is 2.96. The van der Waals surface area contributed by atoms with Gasteiger partial charge in [0.25, 0.3) is 0 Å². The Labute approximate surface area is 125 Å². The summed E-state index contributed by atoms with van der Waals surface area (Å²) in [5.41, 5.74) is 5.80. The number of thiophene rings is 1. The molecule has 0 spiro atoms. The third-order valence-corrected chi connectivity index (χ3v) is 4.48. The molecular weight excluding hydrogens is 326 g/mol. The second kappa shape index (κ2) is 6.63. The van der Waals surface area contributed by atoms with Crippen LogP contribution in [0.4, 0.5) is 0 Å². The van der Waals surface area contributed by atoms with Crippen LogP contribution in [0.2, 0.25) is 0 Å². The van der Waals surface area contributed by atoms with E-state index < -0.39 is 0 Å². The van der Waals surface area contributed by atoms with Gasteiger partial charge in [-0.3, -0.25) is 0 Å². The average molecular weight is 344 g/mol. The molecule has 2 N–H and O–H groups in total. The maximum absolute atomic E-state index is 5.80. The van der Waals surface area contributed by atoms with Crippen LogP contribution in [0, 0.1) is 11.8 Å². The molecule has 2 aromatic rings. The van der Waals surface area contributed by atoms with E-state index in [9.17, 15) is 0 Å². The molecule has 6 heteroatoms. The summed E-state index contributed by atoms with van der Waals surface area (Å²) in [6.07, 6.45) is 1.84. The van der Waals surface area contributed by atoms with Crippen molar-refractivity contribution in [2.75, 3.05) is 6.54 Å². The quantitative estimate of drug-likeness (QED) is 0.867. The number of halogens is 1. The van der Waals surface area contributed by atoms with Crippen LogP contribution < -0.4 is 5.73 Å². The second-order valence-corrected chi connectivity index (χ2v) is 7.51. The van der Waals surface area contributed by atoms with E-state index in [4.69, 9.17) is 10.3 Å². The number of hydrogen-bond acceptors (Lipinski definition) is 5. The van der Waals surface area contributed by atoms with Gasteiger partial charge in [0.2, 0.25) is 11.7 Å². The lowest BCUT2D eigenvalue weighted by molar-refractivity contribution is 0.332. The normalized spacial score (nSPS) is 13.1. The van der Waals surface area contributed by atoms with Gasteiger partial charge in [0.1, 0.15) is 0 Å². The van der Waals surface area contributed by atoms with E-state index in [0.29, 0.717) is 30.1 Å². The summed E-state index contributed by atoms with van der Waals surface area (Å²) in [5, 5.41) is 4.03. The molecule has 1 atom stereocenters. The molecule has 19 heavy (non-hydrogen) atoms. The predicted octanol–water partition coefficient (Wildman–Crippen LogP) is 3.72. The lowest BCUT2D eigenvalue weighted by Crippen LogP contribution is -2.19. The van der Waals surface area contributed by atoms with Gasteiger partial charge in [-0.1, -0.05) is 19.0 Å². The van der Waals surface area contributed by atoms with Gasteiger partial charge in [-0.15, -0.1) is 11.3 Å². The predicted molar refractivity (Wildman–Crippen MR) is 81.0 cm³/mol. The maximum Gasteiger partial charge on any atom is 0.227 e. The van der Waals surface area contributed by atoms with E-state index in [1.54, 1.807) is 11.3 Å². The zero-order valence-corrected chi connectivity index (χ0v) is 13.5. The van der Waals surface area contributed by atoms with E-state index >= 15 is 0 Å². The van der Waals surface area contributed by atoms with Gasteiger partial charge in [-0.05, 0) is 52.9 Å². The molecule has 0 radical (unpaired) electrons.